The molecule has 0 bridgehead atoms. The lowest BCUT2D eigenvalue weighted by Gasteiger charge is -2.20. The summed E-state index contributed by atoms with van der Waals surface area (Å²) >= 11 is 0. The van der Waals surface area contributed by atoms with E-state index in [1.807, 2.05) is 0 Å². The van der Waals surface area contributed by atoms with E-state index in [-0.39, 0.29) is 0 Å². The van der Waals surface area contributed by atoms with Gasteiger partial charge >= 0.3 is 0 Å². The Kier molecular flexibility index (Phi) is 5.20. The standard InChI is InChI=1S/C48H28/c1-2-13-32-29(11-1)23-24-31-28-45-30(27-44(31)32)12-9-20-41(45)47-36-16-5-7-18-38(36)48(39-19-8-6-17-37(39)47)43-26-25-42-34-15-4-3-14-33(34)35-21-10-22-40(43)46(35)42/h1-28H. The molecule has 0 atom stereocenters. The van der Waals surface area contributed by atoms with Gasteiger partial charge in [0, 0.05) is 0 Å². The van der Waals surface area contributed by atoms with Crippen molar-refractivity contribution in [2.75, 3.05) is 0 Å². The number of rotatable bonds is 2. The average molecular weight is 605 g/mol. The first-order valence-corrected chi connectivity index (χ1v) is 16.8. The zero-order valence-electron chi connectivity index (χ0n) is 26.2. The summed E-state index contributed by atoms with van der Waals surface area (Å²) in [6.07, 6.45) is 0. The highest BCUT2D eigenvalue weighted by molar-refractivity contribution is 6.28. The summed E-state index contributed by atoms with van der Waals surface area (Å²) in [4.78, 5) is 0. The maximum atomic E-state index is 2.41. The summed E-state index contributed by atoms with van der Waals surface area (Å²) in [5, 5.41) is 15.5. The van der Waals surface area contributed by atoms with Crippen LogP contribution >= 0.6 is 0 Å². The summed E-state index contributed by atoms with van der Waals surface area (Å²) < 4.78 is 0. The second-order valence-corrected chi connectivity index (χ2v) is 13.2. The Bertz CT molecular complexity index is 2910. The van der Waals surface area contributed by atoms with Crippen molar-refractivity contribution in [3.8, 4) is 44.5 Å². The molecular weight excluding hydrogens is 577 g/mol. The van der Waals surface area contributed by atoms with Crippen molar-refractivity contribution in [2.45, 2.75) is 0 Å². The fourth-order valence-electron chi connectivity index (χ4n) is 8.73. The molecule has 220 valence electrons. The van der Waals surface area contributed by atoms with Crippen molar-refractivity contribution in [1.29, 1.82) is 0 Å². The minimum atomic E-state index is 1.26. The summed E-state index contributed by atoms with van der Waals surface area (Å²) in [5.74, 6) is 0. The van der Waals surface area contributed by atoms with Crippen molar-refractivity contribution in [3.63, 3.8) is 0 Å². The second-order valence-electron chi connectivity index (χ2n) is 13.2. The van der Waals surface area contributed by atoms with Crippen molar-refractivity contribution in [3.05, 3.63) is 170 Å². The topological polar surface area (TPSA) is 0 Å². The minimum absolute atomic E-state index is 1.26. The van der Waals surface area contributed by atoms with Crippen LogP contribution in [-0.4, -0.2) is 0 Å². The van der Waals surface area contributed by atoms with Crippen molar-refractivity contribution in [2.24, 2.45) is 0 Å². The molecule has 0 nitrogen and oxygen atoms in total. The lowest BCUT2D eigenvalue weighted by atomic mass is 9.83. The van der Waals surface area contributed by atoms with Crippen LogP contribution in [0.4, 0.5) is 0 Å². The lowest BCUT2D eigenvalue weighted by molar-refractivity contribution is 1.69. The molecule has 0 unspecified atom stereocenters. The van der Waals surface area contributed by atoms with E-state index >= 15 is 0 Å². The highest BCUT2D eigenvalue weighted by Gasteiger charge is 2.24. The Hall–Kier alpha value is -6.24. The minimum Gasteiger partial charge on any atom is -0.0616 e. The predicted molar refractivity (Wildman–Crippen MR) is 207 cm³/mol. The average Bonchev–Trinajstić information content (AvgIpc) is 3.48. The fourth-order valence-corrected chi connectivity index (χ4v) is 8.73. The van der Waals surface area contributed by atoms with Gasteiger partial charge in [-0.1, -0.05) is 158 Å². The molecule has 0 heteroatoms. The van der Waals surface area contributed by atoms with Crippen LogP contribution in [0.1, 0.15) is 0 Å². The third-order valence-electron chi connectivity index (χ3n) is 10.8. The van der Waals surface area contributed by atoms with Gasteiger partial charge in [0.05, 0.1) is 0 Å². The van der Waals surface area contributed by atoms with Crippen LogP contribution in [0.25, 0.3) is 109 Å². The zero-order valence-corrected chi connectivity index (χ0v) is 26.2. The van der Waals surface area contributed by atoms with E-state index < -0.39 is 0 Å². The molecule has 1 aliphatic carbocycles. The molecule has 10 aromatic carbocycles. The fraction of sp³-hybridized carbons (Fsp3) is 0. The van der Waals surface area contributed by atoms with Crippen LogP contribution in [0.5, 0.6) is 0 Å². The van der Waals surface area contributed by atoms with Gasteiger partial charge in [-0.2, -0.15) is 0 Å². The van der Waals surface area contributed by atoms with Gasteiger partial charge in [0.15, 0.2) is 0 Å². The molecule has 0 heterocycles. The van der Waals surface area contributed by atoms with Crippen molar-refractivity contribution < 1.29 is 0 Å². The molecule has 0 radical (unpaired) electrons. The molecule has 11 rings (SSSR count). The first-order valence-electron chi connectivity index (χ1n) is 16.8. The molecule has 0 aromatic heterocycles. The molecule has 0 fully saturated rings. The van der Waals surface area contributed by atoms with Gasteiger partial charge in [-0.25, -0.2) is 0 Å². The highest BCUT2D eigenvalue weighted by atomic mass is 14.3. The Morgan fingerprint density at radius 1 is 0.208 bits per heavy atom. The molecule has 0 amide bonds. The van der Waals surface area contributed by atoms with E-state index in [0.717, 1.165) is 0 Å². The summed E-state index contributed by atoms with van der Waals surface area (Å²) in [7, 11) is 0. The molecule has 0 N–H and O–H groups in total. The van der Waals surface area contributed by atoms with Gasteiger partial charge in [-0.15, -0.1) is 0 Å². The first kappa shape index (κ1) is 25.9. The second kappa shape index (κ2) is 9.64. The van der Waals surface area contributed by atoms with E-state index in [2.05, 4.69) is 170 Å². The number of fused-ring (bicyclic) bond motifs is 9. The maximum absolute atomic E-state index is 2.41. The molecule has 48 heavy (non-hydrogen) atoms. The van der Waals surface area contributed by atoms with Crippen LogP contribution in [0.15, 0.2) is 170 Å². The van der Waals surface area contributed by atoms with E-state index in [4.69, 9.17) is 0 Å². The lowest BCUT2D eigenvalue weighted by Crippen LogP contribution is -1.92. The summed E-state index contributed by atoms with van der Waals surface area (Å²) in [5.41, 5.74) is 10.5. The molecule has 0 spiro atoms. The maximum Gasteiger partial charge on any atom is -0.00201 e. The Morgan fingerprint density at radius 3 is 1.33 bits per heavy atom. The van der Waals surface area contributed by atoms with E-state index in [1.54, 1.807) is 0 Å². The van der Waals surface area contributed by atoms with Crippen LogP contribution in [0.2, 0.25) is 0 Å². The largest absolute Gasteiger partial charge is 0.0616 e. The number of hydrogen-bond acceptors (Lipinski definition) is 0. The normalized spacial score (nSPS) is 12.2. The van der Waals surface area contributed by atoms with Crippen LogP contribution in [0.3, 0.4) is 0 Å². The summed E-state index contributed by atoms with van der Waals surface area (Å²) in [6.45, 7) is 0. The molecule has 0 saturated carbocycles. The molecular formula is C48H28. The Balaban J connectivity index is 1.24. The predicted octanol–water partition coefficient (Wildman–Crippen LogP) is 13.6. The van der Waals surface area contributed by atoms with Crippen molar-refractivity contribution in [1.82, 2.24) is 0 Å². The quantitative estimate of drug-likeness (QED) is 0.136. The Morgan fingerprint density at radius 2 is 0.625 bits per heavy atom. The monoisotopic (exact) mass is 604 g/mol. The van der Waals surface area contributed by atoms with E-state index in [1.165, 1.54) is 109 Å². The van der Waals surface area contributed by atoms with Crippen LogP contribution in [0, 0.1) is 0 Å². The first-order chi connectivity index (χ1) is 23.8. The number of benzene rings is 10. The van der Waals surface area contributed by atoms with Crippen molar-refractivity contribution >= 4 is 64.6 Å². The third-order valence-corrected chi connectivity index (χ3v) is 10.8. The van der Waals surface area contributed by atoms with Gasteiger partial charge in [0.1, 0.15) is 0 Å². The van der Waals surface area contributed by atoms with E-state index in [0.29, 0.717) is 0 Å². The van der Waals surface area contributed by atoms with Crippen LogP contribution < -0.4 is 0 Å². The SMILES string of the molecule is c1ccc2c(c1)-c1cccc3c(-c4c5ccccc5c(-c5cccc6cc7c(ccc8ccccc87)cc56)c5ccccc45)ccc-2c13. The van der Waals surface area contributed by atoms with Crippen LogP contribution in [-0.2, 0) is 0 Å². The van der Waals surface area contributed by atoms with Gasteiger partial charge < -0.3 is 0 Å². The van der Waals surface area contributed by atoms with Gasteiger partial charge in [0.25, 0.3) is 0 Å². The molecule has 0 aliphatic heterocycles. The smallest absolute Gasteiger partial charge is 0.00201 e. The van der Waals surface area contributed by atoms with Gasteiger partial charge in [0.2, 0.25) is 0 Å². The summed E-state index contributed by atoms with van der Waals surface area (Å²) in [6, 6.07) is 63.3. The van der Waals surface area contributed by atoms with E-state index in [9.17, 15) is 0 Å². The highest BCUT2D eigenvalue weighted by Crippen LogP contribution is 2.52. The molecule has 1 aliphatic rings. The molecule has 10 aromatic rings. The van der Waals surface area contributed by atoms with Gasteiger partial charge in [-0.05, 0) is 121 Å². The number of hydrogen-bond donors (Lipinski definition) is 0. The zero-order chi connectivity index (χ0) is 31.3. The third kappa shape index (κ3) is 3.44. The molecule has 0 saturated heterocycles. The Labute approximate surface area is 278 Å². The van der Waals surface area contributed by atoms with Gasteiger partial charge in [-0.3, -0.25) is 0 Å².